The van der Waals surface area contributed by atoms with Crippen LogP contribution in [0.2, 0.25) is 0 Å². The third-order valence-corrected chi connectivity index (χ3v) is 5.75. The number of aromatic carboxylic acids is 1. The molecular weight excluding hydrogens is 426 g/mol. The Kier molecular flexibility index (Phi) is 9.47. The van der Waals surface area contributed by atoms with E-state index < -0.39 is 11.9 Å². The van der Waals surface area contributed by atoms with Gasteiger partial charge in [-0.3, -0.25) is 4.79 Å². The fourth-order valence-electron chi connectivity index (χ4n) is 3.87. The Morgan fingerprint density at radius 3 is 2.24 bits per heavy atom. The van der Waals surface area contributed by atoms with Crippen molar-refractivity contribution in [3.05, 3.63) is 107 Å². The maximum atomic E-state index is 11.1. The smallest absolute Gasteiger partial charge is 0.335 e. The molecule has 3 rings (SSSR count). The Hall–Kier alpha value is -3.86. The first-order chi connectivity index (χ1) is 16.5. The average molecular weight is 458 g/mol. The van der Waals surface area contributed by atoms with Crippen molar-refractivity contribution < 1.29 is 19.8 Å². The zero-order valence-corrected chi connectivity index (χ0v) is 19.2. The zero-order chi connectivity index (χ0) is 24.2. The van der Waals surface area contributed by atoms with Gasteiger partial charge < -0.3 is 15.5 Å². The van der Waals surface area contributed by atoms with Gasteiger partial charge in [-0.15, -0.1) is 0 Å². The summed E-state index contributed by atoms with van der Waals surface area (Å²) in [7, 11) is 0. The summed E-state index contributed by atoms with van der Waals surface area (Å²) in [5.41, 5.74) is 4.69. The molecule has 5 nitrogen and oxygen atoms in total. The highest BCUT2D eigenvalue weighted by Crippen LogP contribution is 2.23. The molecule has 34 heavy (non-hydrogen) atoms. The van der Waals surface area contributed by atoms with E-state index in [0.29, 0.717) is 6.42 Å². The van der Waals surface area contributed by atoms with Gasteiger partial charge in [0.2, 0.25) is 0 Å². The summed E-state index contributed by atoms with van der Waals surface area (Å²) in [5.74, 6) is -1.49. The summed E-state index contributed by atoms with van der Waals surface area (Å²) >= 11 is 0. The van der Waals surface area contributed by atoms with Crippen molar-refractivity contribution in [1.29, 1.82) is 0 Å². The summed E-state index contributed by atoms with van der Waals surface area (Å²) < 4.78 is 0. The van der Waals surface area contributed by atoms with Gasteiger partial charge in [0, 0.05) is 18.7 Å². The van der Waals surface area contributed by atoms with E-state index in [9.17, 15) is 9.59 Å². The first-order valence-corrected chi connectivity index (χ1v) is 11.6. The lowest BCUT2D eigenvalue weighted by Crippen LogP contribution is -2.04. The van der Waals surface area contributed by atoms with Crippen LogP contribution in [0.4, 0.5) is 5.69 Å². The Bertz CT molecular complexity index is 1090. The number of hydrogen-bond acceptors (Lipinski definition) is 3. The minimum atomic E-state index is -0.934. The molecule has 0 radical (unpaired) electrons. The molecule has 0 heterocycles. The standard InChI is InChI=1S/C29H31NO4/c31-28(32)13-7-4-8-22(20-23-15-18-26(19-16-23)29(33)34)14-17-25-11-5-6-12-27(25)30-21-24-9-2-1-3-10-24/h1-3,5-6,9-12,14-19,22,30H,4,7-8,13,20-21H2,(H,31,32)(H,33,34)/b17-14+. The molecule has 0 saturated carbocycles. The molecule has 3 N–H and O–H groups in total. The third kappa shape index (κ3) is 8.24. The van der Waals surface area contributed by atoms with Crippen molar-refractivity contribution in [1.82, 2.24) is 0 Å². The van der Waals surface area contributed by atoms with Crippen molar-refractivity contribution in [2.45, 2.75) is 38.6 Å². The van der Waals surface area contributed by atoms with Crippen molar-refractivity contribution in [2.24, 2.45) is 5.92 Å². The maximum absolute atomic E-state index is 11.1. The zero-order valence-electron chi connectivity index (χ0n) is 19.2. The summed E-state index contributed by atoms with van der Waals surface area (Å²) in [6.45, 7) is 0.736. The topological polar surface area (TPSA) is 86.6 Å². The minimum Gasteiger partial charge on any atom is -0.481 e. The second-order valence-electron chi connectivity index (χ2n) is 8.39. The Morgan fingerprint density at radius 2 is 1.53 bits per heavy atom. The molecule has 3 aromatic carbocycles. The largest absolute Gasteiger partial charge is 0.481 e. The molecule has 0 spiro atoms. The van der Waals surface area contributed by atoms with Gasteiger partial charge >= 0.3 is 11.9 Å². The number of unbranched alkanes of at least 4 members (excludes halogenated alkanes) is 1. The van der Waals surface area contributed by atoms with Crippen LogP contribution in [0.15, 0.2) is 84.9 Å². The Balaban J connectivity index is 1.70. The van der Waals surface area contributed by atoms with Crippen molar-refractivity contribution in [3.8, 4) is 0 Å². The molecule has 3 aromatic rings. The predicted molar refractivity (Wildman–Crippen MR) is 136 cm³/mol. The SMILES string of the molecule is O=C(O)CCCCC(/C=C/c1ccccc1NCc1ccccc1)Cc1ccc(C(=O)O)cc1. The van der Waals surface area contributed by atoms with Gasteiger partial charge in [-0.25, -0.2) is 4.79 Å². The number of anilines is 1. The predicted octanol–water partition coefficient (Wildman–Crippen LogP) is 6.51. The van der Waals surface area contributed by atoms with Crippen LogP contribution in [0.5, 0.6) is 0 Å². The van der Waals surface area contributed by atoms with Gasteiger partial charge in [-0.05, 0) is 60.1 Å². The van der Waals surface area contributed by atoms with Crippen LogP contribution in [-0.4, -0.2) is 22.2 Å². The molecule has 0 amide bonds. The van der Waals surface area contributed by atoms with Crippen molar-refractivity contribution in [3.63, 3.8) is 0 Å². The molecule has 1 atom stereocenters. The van der Waals surface area contributed by atoms with Gasteiger partial charge in [-0.2, -0.15) is 0 Å². The first-order valence-electron chi connectivity index (χ1n) is 11.6. The summed E-state index contributed by atoms with van der Waals surface area (Å²) in [4.78, 5) is 22.0. The third-order valence-electron chi connectivity index (χ3n) is 5.75. The number of carboxylic acid groups (broad SMARTS) is 2. The van der Waals surface area contributed by atoms with Gasteiger partial charge in [0.15, 0.2) is 0 Å². The number of nitrogens with one attached hydrogen (secondary N) is 1. The van der Waals surface area contributed by atoms with Crippen LogP contribution in [-0.2, 0) is 17.8 Å². The molecule has 176 valence electrons. The van der Waals surface area contributed by atoms with Crippen LogP contribution in [0.3, 0.4) is 0 Å². The van der Waals surface area contributed by atoms with Crippen LogP contribution in [0.1, 0.15) is 52.7 Å². The monoisotopic (exact) mass is 457 g/mol. The molecule has 0 aliphatic rings. The van der Waals surface area contributed by atoms with Crippen LogP contribution in [0, 0.1) is 5.92 Å². The van der Waals surface area contributed by atoms with Crippen LogP contribution >= 0.6 is 0 Å². The molecule has 0 saturated heterocycles. The van der Waals surface area contributed by atoms with Gasteiger partial charge in [0.25, 0.3) is 0 Å². The number of aliphatic carboxylic acids is 1. The summed E-state index contributed by atoms with van der Waals surface area (Å²) in [5, 5.41) is 21.6. The summed E-state index contributed by atoms with van der Waals surface area (Å²) in [6.07, 6.45) is 7.59. The highest BCUT2D eigenvalue weighted by atomic mass is 16.4. The highest BCUT2D eigenvalue weighted by Gasteiger charge is 2.10. The fourth-order valence-corrected chi connectivity index (χ4v) is 3.87. The molecule has 0 aliphatic heterocycles. The lowest BCUT2D eigenvalue weighted by atomic mass is 9.92. The van der Waals surface area contributed by atoms with E-state index in [-0.39, 0.29) is 17.9 Å². The van der Waals surface area contributed by atoms with Crippen LogP contribution in [0.25, 0.3) is 6.08 Å². The van der Waals surface area contributed by atoms with E-state index in [1.54, 1.807) is 12.1 Å². The van der Waals surface area contributed by atoms with Crippen molar-refractivity contribution >= 4 is 23.7 Å². The number of carbonyl (C=O) groups is 2. The van der Waals surface area contributed by atoms with Gasteiger partial charge in [-0.1, -0.05) is 79.2 Å². The molecule has 0 fully saturated rings. The lowest BCUT2D eigenvalue weighted by Gasteiger charge is -2.14. The summed E-state index contributed by atoms with van der Waals surface area (Å²) in [6, 6.07) is 25.4. The Morgan fingerprint density at radius 1 is 0.824 bits per heavy atom. The normalized spacial score (nSPS) is 11.9. The number of benzene rings is 3. The second kappa shape index (κ2) is 13.0. The number of para-hydroxylation sites is 1. The lowest BCUT2D eigenvalue weighted by molar-refractivity contribution is -0.137. The second-order valence-corrected chi connectivity index (χ2v) is 8.39. The van der Waals surface area contributed by atoms with E-state index >= 15 is 0 Å². The number of rotatable bonds is 13. The van der Waals surface area contributed by atoms with E-state index in [1.165, 1.54) is 5.56 Å². The number of carboxylic acids is 2. The number of allylic oxidation sites excluding steroid dienone is 1. The van der Waals surface area contributed by atoms with E-state index in [0.717, 1.165) is 42.6 Å². The maximum Gasteiger partial charge on any atom is 0.335 e. The molecular formula is C29H31NO4. The average Bonchev–Trinajstić information content (AvgIpc) is 2.85. The first kappa shape index (κ1) is 24.8. The van der Waals surface area contributed by atoms with Gasteiger partial charge in [0.05, 0.1) is 5.56 Å². The molecule has 0 bridgehead atoms. The quantitative estimate of drug-likeness (QED) is 0.255. The molecule has 0 aromatic heterocycles. The van der Waals surface area contributed by atoms with Crippen molar-refractivity contribution in [2.75, 3.05) is 5.32 Å². The molecule has 0 aliphatic carbocycles. The highest BCUT2D eigenvalue weighted by molar-refractivity contribution is 5.87. The van der Waals surface area contributed by atoms with Gasteiger partial charge in [0.1, 0.15) is 0 Å². The Labute approximate surface area is 200 Å². The molecule has 5 heteroatoms. The van der Waals surface area contributed by atoms with E-state index in [4.69, 9.17) is 10.2 Å². The minimum absolute atomic E-state index is 0.177. The van der Waals surface area contributed by atoms with Crippen LogP contribution < -0.4 is 5.32 Å². The van der Waals surface area contributed by atoms with E-state index in [1.807, 2.05) is 42.5 Å². The fraction of sp³-hybridized carbons (Fsp3) is 0.241. The molecule has 1 unspecified atom stereocenters. The van der Waals surface area contributed by atoms with E-state index in [2.05, 4.69) is 41.7 Å². The number of hydrogen-bond donors (Lipinski definition) is 3.